The van der Waals surface area contributed by atoms with Crippen molar-refractivity contribution in [1.29, 1.82) is 0 Å². The number of hydrogen-bond donors (Lipinski definition) is 1. The van der Waals surface area contributed by atoms with Gasteiger partial charge in [0.15, 0.2) is 0 Å². The number of anilines is 1. The molecule has 1 aromatic carbocycles. The van der Waals surface area contributed by atoms with Crippen LogP contribution < -0.4 is 5.32 Å². The summed E-state index contributed by atoms with van der Waals surface area (Å²) in [5.74, 6) is -0.0646. The molecule has 1 amide bonds. The van der Waals surface area contributed by atoms with Crippen LogP contribution in [0.25, 0.3) is 0 Å². The molecule has 2 rings (SSSR count). The molecule has 0 atom stereocenters. The van der Waals surface area contributed by atoms with Crippen molar-refractivity contribution in [2.75, 3.05) is 19.4 Å². The second kappa shape index (κ2) is 6.39. The third-order valence-electron chi connectivity index (χ3n) is 2.80. The van der Waals surface area contributed by atoms with Gasteiger partial charge in [0.1, 0.15) is 0 Å². The predicted molar refractivity (Wildman–Crippen MR) is 81.0 cm³/mol. The van der Waals surface area contributed by atoms with E-state index in [-0.39, 0.29) is 5.91 Å². The topological polar surface area (TPSA) is 45.2 Å². The van der Waals surface area contributed by atoms with E-state index in [0.717, 1.165) is 5.69 Å². The summed E-state index contributed by atoms with van der Waals surface area (Å²) >= 11 is 6.00. The van der Waals surface area contributed by atoms with Crippen molar-refractivity contribution < 1.29 is 4.79 Å². The molecular formula is C15H16ClN3O. The Balaban J connectivity index is 2.21. The quantitative estimate of drug-likeness (QED) is 0.941. The van der Waals surface area contributed by atoms with Crippen LogP contribution in [0, 0.1) is 0 Å². The minimum absolute atomic E-state index is 0.0646. The van der Waals surface area contributed by atoms with Crippen molar-refractivity contribution in [1.82, 2.24) is 9.88 Å². The predicted octanol–water partition coefficient (Wildman–Crippen LogP) is 3.05. The van der Waals surface area contributed by atoms with Gasteiger partial charge in [0.2, 0.25) is 0 Å². The van der Waals surface area contributed by atoms with Crippen LogP contribution in [0.2, 0.25) is 5.02 Å². The summed E-state index contributed by atoms with van der Waals surface area (Å²) in [6.07, 6.45) is 1.74. The lowest BCUT2D eigenvalue weighted by Crippen LogP contribution is -2.23. The summed E-state index contributed by atoms with van der Waals surface area (Å²) in [5.41, 5.74) is 2.20. The van der Waals surface area contributed by atoms with E-state index in [4.69, 9.17) is 11.6 Å². The van der Waals surface area contributed by atoms with E-state index < -0.39 is 0 Å². The molecule has 0 spiro atoms. The molecule has 0 aliphatic heterocycles. The van der Waals surface area contributed by atoms with Gasteiger partial charge < -0.3 is 10.2 Å². The molecule has 0 aliphatic carbocycles. The van der Waals surface area contributed by atoms with Crippen molar-refractivity contribution in [2.45, 2.75) is 6.54 Å². The molecule has 2 aromatic rings. The van der Waals surface area contributed by atoms with Crippen LogP contribution in [0.4, 0.5) is 5.69 Å². The van der Waals surface area contributed by atoms with Crippen molar-refractivity contribution in [3.63, 3.8) is 0 Å². The van der Waals surface area contributed by atoms with Crippen molar-refractivity contribution in [3.8, 4) is 0 Å². The van der Waals surface area contributed by atoms with E-state index >= 15 is 0 Å². The van der Waals surface area contributed by atoms with Gasteiger partial charge in [-0.25, -0.2) is 0 Å². The van der Waals surface area contributed by atoms with Gasteiger partial charge in [0.25, 0.3) is 5.91 Å². The zero-order valence-electron chi connectivity index (χ0n) is 11.4. The fourth-order valence-electron chi connectivity index (χ4n) is 1.78. The SMILES string of the molecule is CN(C)C(=O)c1ccc(Cl)cc1NCc1ccccn1. The van der Waals surface area contributed by atoms with E-state index in [1.165, 1.54) is 4.90 Å². The van der Waals surface area contributed by atoms with Crippen molar-refractivity contribution >= 4 is 23.2 Å². The molecule has 0 saturated carbocycles. The molecule has 1 heterocycles. The van der Waals surface area contributed by atoms with Gasteiger partial charge in [-0.3, -0.25) is 9.78 Å². The van der Waals surface area contributed by atoms with E-state index in [2.05, 4.69) is 10.3 Å². The lowest BCUT2D eigenvalue weighted by atomic mass is 10.1. The first kappa shape index (κ1) is 14.3. The van der Waals surface area contributed by atoms with Crippen LogP contribution >= 0.6 is 11.6 Å². The van der Waals surface area contributed by atoms with Crippen LogP contribution in [0.3, 0.4) is 0 Å². The Morgan fingerprint density at radius 1 is 1.30 bits per heavy atom. The average Bonchev–Trinajstić information content (AvgIpc) is 2.45. The minimum atomic E-state index is -0.0646. The lowest BCUT2D eigenvalue weighted by molar-refractivity contribution is 0.0828. The van der Waals surface area contributed by atoms with Gasteiger partial charge in [0, 0.05) is 31.0 Å². The molecule has 1 aromatic heterocycles. The third kappa shape index (κ3) is 3.48. The number of benzene rings is 1. The summed E-state index contributed by atoms with van der Waals surface area (Å²) in [6, 6.07) is 10.9. The van der Waals surface area contributed by atoms with Gasteiger partial charge in [-0.2, -0.15) is 0 Å². The first-order valence-corrected chi connectivity index (χ1v) is 6.60. The summed E-state index contributed by atoms with van der Waals surface area (Å²) in [7, 11) is 3.44. The van der Waals surface area contributed by atoms with Gasteiger partial charge in [-0.1, -0.05) is 17.7 Å². The summed E-state index contributed by atoms with van der Waals surface area (Å²) in [6.45, 7) is 0.537. The lowest BCUT2D eigenvalue weighted by Gasteiger charge is -2.15. The monoisotopic (exact) mass is 289 g/mol. The molecule has 1 N–H and O–H groups in total. The van der Waals surface area contributed by atoms with Gasteiger partial charge in [-0.15, -0.1) is 0 Å². The number of nitrogens with zero attached hydrogens (tertiary/aromatic N) is 2. The first-order valence-electron chi connectivity index (χ1n) is 6.23. The number of aromatic nitrogens is 1. The van der Waals surface area contributed by atoms with E-state index in [9.17, 15) is 4.79 Å². The van der Waals surface area contributed by atoms with Crippen molar-refractivity contribution in [2.24, 2.45) is 0 Å². The number of halogens is 1. The smallest absolute Gasteiger partial charge is 0.255 e. The number of rotatable bonds is 4. The third-order valence-corrected chi connectivity index (χ3v) is 3.04. The number of carbonyl (C=O) groups is 1. The molecule has 0 unspecified atom stereocenters. The van der Waals surface area contributed by atoms with Crippen LogP contribution in [0.5, 0.6) is 0 Å². The van der Waals surface area contributed by atoms with E-state index in [1.807, 2.05) is 18.2 Å². The van der Waals surface area contributed by atoms with Gasteiger partial charge >= 0.3 is 0 Å². The fraction of sp³-hybridized carbons (Fsp3) is 0.200. The van der Waals surface area contributed by atoms with Gasteiger partial charge in [-0.05, 0) is 30.3 Å². The number of hydrogen-bond acceptors (Lipinski definition) is 3. The summed E-state index contributed by atoms with van der Waals surface area (Å²) in [4.78, 5) is 17.9. The normalized spacial score (nSPS) is 10.2. The second-order valence-corrected chi connectivity index (χ2v) is 5.00. The number of pyridine rings is 1. The zero-order valence-corrected chi connectivity index (χ0v) is 12.2. The fourth-order valence-corrected chi connectivity index (χ4v) is 1.95. The maximum Gasteiger partial charge on any atom is 0.255 e. The van der Waals surface area contributed by atoms with Crippen LogP contribution in [0.15, 0.2) is 42.6 Å². The van der Waals surface area contributed by atoms with E-state index in [1.54, 1.807) is 38.5 Å². The maximum atomic E-state index is 12.1. The standard InChI is InChI=1S/C15H16ClN3O/c1-19(2)15(20)13-7-6-11(16)9-14(13)18-10-12-5-3-4-8-17-12/h3-9,18H,10H2,1-2H3. The molecule has 0 radical (unpaired) electrons. The molecule has 104 valence electrons. The Labute approximate surface area is 123 Å². The Morgan fingerprint density at radius 3 is 2.75 bits per heavy atom. The molecule has 0 fully saturated rings. The first-order chi connectivity index (χ1) is 9.58. The second-order valence-electron chi connectivity index (χ2n) is 4.56. The van der Waals surface area contributed by atoms with E-state index in [0.29, 0.717) is 22.8 Å². The molecule has 4 nitrogen and oxygen atoms in total. The highest BCUT2D eigenvalue weighted by molar-refractivity contribution is 6.31. The van der Waals surface area contributed by atoms with Gasteiger partial charge in [0.05, 0.1) is 17.8 Å². The largest absolute Gasteiger partial charge is 0.379 e. The van der Waals surface area contributed by atoms with Crippen LogP contribution in [0.1, 0.15) is 16.1 Å². The molecule has 0 aliphatic rings. The average molecular weight is 290 g/mol. The number of nitrogens with one attached hydrogen (secondary N) is 1. The Hall–Kier alpha value is -2.07. The highest BCUT2D eigenvalue weighted by Gasteiger charge is 2.13. The Bertz CT molecular complexity index is 599. The molecule has 20 heavy (non-hydrogen) atoms. The zero-order chi connectivity index (χ0) is 14.5. The molecule has 0 saturated heterocycles. The number of carbonyl (C=O) groups excluding carboxylic acids is 1. The summed E-state index contributed by atoms with van der Waals surface area (Å²) in [5, 5.41) is 3.80. The molecule has 5 heteroatoms. The molecule has 0 bridgehead atoms. The highest BCUT2D eigenvalue weighted by Crippen LogP contribution is 2.22. The number of amides is 1. The Kier molecular flexibility index (Phi) is 4.58. The van der Waals surface area contributed by atoms with Crippen molar-refractivity contribution in [3.05, 3.63) is 58.9 Å². The van der Waals surface area contributed by atoms with Crippen LogP contribution in [-0.2, 0) is 6.54 Å². The summed E-state index contributed by atoms with van der Waals surface area (Å²) < 4.78 is 0. The molecular weight excluding hydrogens is 274 g/mol. The minimum Gasteiger partial charge on any atom is -0.379 e. The van der Waals surface area contributed by atoms with Crippen LogP contribution in [-0.4, -0.2) is 29.9 Å². The highest BCUT2D eigenvalue weighted by atomic mass is 35.5. The Morgan fingerprint density at radius 2 is 2.10 bits per heavy atom. The maximum absolute atomic E-state index is 12.1.